The first-order valence-corrected chi connectivity index (χ1v) is 11.0. The van der Waals surface area contributed by atoms with E-state index in [9.17, 15) is 14.7 Å². The second kappa shape index (κ2) is 11.1. The predicted octanol–water partition coefficient (Wildman–Crippen LogP) is 2.57. The summed E-state index contributed by atoms with van der Waals surface area (Å²) in [5.41, 5.74) is 0.981. The number of ether oxygens (including phenoxy) is 1. The molecule has 0 aromatic carbocycles. The van der Waals surface area contributed by atoms with Crippen molar-refractivity contribution in [1.29, 1.82) is 0 Å². The van der Waals surface area contributed by atoms with Gasteiger partial charge in [0.1, 0.15) is 11.7 Å². The maximum absolute atomic E-state index is 13.3. The lowest BCUT2D eigenvalue weighted by atomic mass is 9.99. The summed E-state index contributed by atoms with van der Waals surface area (Å²) in [6.07, 6.45) is 2.44. The molecule has 0 radical (unpaired) electrons. The number of aliphatic hydroxyl groups excluding tert-OH is 1. The molecule has 170 valence electrons. The molecule has 0 saturated heterocycles. The number of aromatic nitrogens is 1. The van der Waals surface area contributed by atoms with Gasteiger partial charge in [-0.15, -0.1) is 0 Å². The summed E-state index contributed by atoms with van der Waals surface area (Å²) in [6, 6.07) is 1.36. The fourth-order valence-electron chi connectivity index (χ4n) is 3.39. The van der Waals surface area contributed by atoms with E-state index in [0.29, 0.717) is 36.6 Å². The molecular formula is C24H35N3O4. The van der Waals surface area contributed by atoms with Gasteiger partial charge >= 0.3 is 0 Å². The van der Waals surface area contributed by atoms with E-state index in [1.165, 1.54) is 0 Å². The molecule has 1 aliphatic rings. The number of hydrogen-bond donors (Lipinski definition) is 1. The van der Waals surface area contributed by atoms with Crippen LogP contribution in [0.25, 0.3) is 0 Å². The molecule has 1 aromatic heterocycles. The van der Waals surface area contributed by atoms with Gasteiger partial charge in [-0.25, -0.2) is 4.98 Å². The summed E-state index contributed by atoms with van der Waals surface area (Å²) in [5, 5.41) is 9.72. The minimum Gasteiger partial charge on any atom is -0.472 e. The smallest absolute Gasteiger partial charge is 0.259 e. The molecule has 1 N–H and O–H groups in total. The number of aliphatic hydroxyl groups is 1. The second-order valence-electron chi connectivity index (χ2n) is 8.73. The summed E-state index contributed by atoms with van der Waals surface area (Å²) in [4.78, 5) is 33.1. The Balaban J connectivity index is 2.44. The van der Waals surface area contributed by atoms with E-state index in [1.807, 2.05) is 20.8 Å². The summed E-state index contributed by atoms with van der Waals surface area (Å²) < 4.78 is 6.18. The van der Waals surface area contributed by atoms with Gasteiger partial charge in [0, 0.05) is 44.1 Å². The van der Waals surface area contributed by atoms with Crippen LogP contribution >= 0.6 is 0 Å². The highest BCUT2D eigenvalue weighted by molar-refractivity contribution is 5.97. The van der Waals surface area contributed by atoms with Gasteiger partial charge in [-0.1, -0.05) is 39.5 Å². The van der Waals surface area contributed by atoms with Gasteiger partial charge in [0.2, 0.25) is 11.8 Å². The zero-order valence-corrected chi connectivity index (χ0v) is 19.5. The highest BCUT2D eigenvalue weighted by Crippen LogP contribution is 2.27. The quantitative estimate of drug-likeness (QED) is 0.703. The number of nitrogens with zero attached hydrogens (tertiary/aromatic N) is 3. The molecular weight excluding hydrogens is 394 g/mol. The molecule has 3 atom stereocenters. The highest BCUT2D eigenvalue weighted by atomic mass is 16.5. The van der Waals surface area contributed by atoms with Crippen LogP contribution in [0.1, 0.15) is 63.4 Å². The monoisotopic (exact) mass is 429 g/mol. The minimum absolute atomic E-state index is 0.0264. The van der Waals surface area contributed by atoms with E-state index in [2.05, 4.69) is 30.7 Å². The zero-order chi connectivity index (χ0) is 23.1. The van der Waals surface area contributed by atoms with Gasteiger partial charge in [-0.2, -0.15) is 0 Å². The lowest BCUT2D eigenvalue weighted by molar-refractivity contribution is -0.131. The van der Waals surface area contributed by atoms with Crippen molar-refractivity contribution in [3.63, 3.8) is 0 Å². The average Bonchev–Trinajstić information content (AvgIpc) is 2.74. The van der Waals surface area contributed by atoms with Gasteiger partial charge < -0.3 is 19.6 Å². The molecule has 7 nitrogen and oxygen atoms in total. The van der Waals surface area contributed by atoms with E-state index in [1.54, 1.807) is 29.1 Å². The third-order valence-corrected chi connectivity index (χ3v) is 5.45. The summed E-state index contributed by atoms with van der Waals surface area (Å²) in [6.45, 7) is 10.5. The number of hydrogen-bond acceptors (Lipinski definition) is 5. The summed E-state index contributed by atoms with van der Waals surface area (Å²) in [5.74, 6) is 6.62. The second-order valence-corrected chi connectivity index (χ2v) is 8.73. The maximum atomic E-state index is 13.3. The first kappa shape index (κ1) is 24.7. The number of carbonyl (C=O) groups is 2. The highest BCUT2D eigenvalue weighted by Gasteiger charge is 2.34. The fourth-order valence-corrected chi connectivity index (χ4v) is 3.39. The number of rotatable bonds is 6. The van der Waals surface area contributed by atoms with Crippen LogP contribution in [0.3, 0.4) is 0 Å². The van der Waals surface area contributed by atoms with Crippen molar-refractivity contribution in [2.45, 2.75) is 59.6 Å². The molecule has 0 unspecified atom stereocenters. The van der Waals surface area contributed by atoms with Crippen LogP contribution in [0, 0.1) is 23.7 Å². The lowest BCUT2D eigenvalue weighted by Crippen LogP contribution is -2.50. The molecule has 0 aliphatic carbocycles. The standard InChI is InChI=1S/C24H35N3O4/c1-7-22(29)26(6)14-21-17(4)13-27(18(5)15-28)24(30)20-11-19(10-8-9-16(2)3)12-25-23(20)31-21/h11-12,16-18,21,28H,7,9,13-15H2,1-6H3/t17-,18-,21+/m0/s1. The third kappa shape index (κ3) is 6.44. The molecule has 0 fully saturated rings. The van der Waals surface area contributed by atoms with Crippen LogP contribution in [0.4, 0.5) is 0 Å². The Morgan fingerprint density at radius 2 is 2.13 bits per heavy atom. The lowest BCUT2D eigenvalue weighted by Gasteiger charge is -2.37. The van der Waals surface area contributed by atoms with Gasteiger partial charge in [-0.05, 0) is 18.9 Å². The zero-order valence-electron chi connectivity index (χ0n) is 19.5. The molecule has 2 heterocycles. The molecule has 31 heavy (non-hydrogen) atoms. The number of likely N-dealkylation sites (N-methyl/N-ethyl adjacent to an activating group) is 1. The first-order valence-electron chi connectivity index (χ1n) is 11.0. The Labute approximate surface area is 185 Å². The van der Waals surface area contributed by atoms with E-state index in [-0.39, 0.29) is 42.4 Å². The van der Waals surface area contributed by atoms with E-state index in [0.717, 1.165) is 6.42 Å². The summed E-state index contributed by atoms with van der Waals surface area (Å²) in [7, 11) is 1.75. The van der Waals surface area contributed by atoms with Crippen molar-refractivity contribution in [2.24, 2.45) is 11.8 Å². The topological polar surface area (TPSA) is 83.0 Å². The third-order valence-electron chi connectivity index (χ3n) is 5.45. The number of pyridine rings is 1. The van der Waals surface area contributed by atoms with Crippen LogP contribution in [0.5, 0.6) is 5.88 Å². The van der Waals surface area contributed by atoms with Gasteiger partial charge in [0.25, 0.3) is 5.91 Å². The Morgan fingerprint density at radius 3 is 2.74 bits per heavy atom. The molecule has 0 saturated carbocycles. The van der Waals surface area contributed by atoms with Crippen LogP contribution in [0.15, 0.2) is 12.3 Å². The van der Waals surface area contributed by atoms with Crippen LogP contribution in [0.2, 0.25) is 0 Å². The maximum Gasteiger partial charge on any atom is 0.259 e. The Kier molecular flexibility index (Phi) is 8.88. The van der Waals surface area contributed by atoms with Crippen LogP contribution < -0.4 is 4.74 Å². The molecule has 0 spiro atoms. The van der Waals surface area contributed by atoms with Crippen molar-refractivity contribution in [1.82, 2.24) is 14.8 Å². The summed E-state index contributed by atoms with van der Waals surface area (Å²) >= 11 is 0. The van der Waals surface area contributed by atoms with E-state index < -0.39 is 0 Å². The van der Waals surface area contributed by atoms with Crippen molar-refractivity contribution in [3.05, 3.63) is 23.4 Å². The van der Waals surface area contributed by atoms with Gasteiger partial charge in [0.15, 0.2) is 0 Å². The normalized spacial score (nSPS) is 19.5. The SMILES string of the molecule is CCC(=O)N(C)C[C@H]1Oc2ncc(C#CCC(C)C)cc2C(=O)N([C@@H](C)CO)C[C@@H]1C. The Morgan fingerprint density at radius 1 is 1.42 bits per heavy atom. The number of amides is 2. The first-order chi connectivity index (χ1) is 14.7. The van der Waals surface area contributed by atoms with E-state index >= 15 is 0 Å². The fraction of sp³-hybridized carbons (Fsp3) is 0.625. The predicted molar refractivity (Wildman–Crippen MR) is 120 cm³/mol. The molecule has 7 heteroatoms. The van der Waals surface area contributed by atoms with Crippen molar-refractivity contribution < 1.29 is 19.4 Å². The molecule has 1 aliphatic heterocycles. The van der Waals surface area contributed by atoms with E-state index in [4.69, 9.17) is 4.74 Å². The molecule has 0 bridgehead atoms. The van der Waals surface area contributed by atoms with Crippen molar-refractivity contribution in [2.75, 3.05) is 26.7 Å². The van der Waals surface area contributed by atoms with Crippen LogP contribution in [-0.4, -0.2) is 70.6 Å². The van der Waals surface area contributed by atoms with Gasteiger partial charge in [-0.3, -0.25) is 9.59 Å². The molecule has 2 rings (SSSR count). The number of carbonyl (C=O) groups excluding carboxylic acids is 2. The van der Waals surface area contributed by atoms with Crippen molar-refractivity contribution in [3.8, 4) is 17.7 Å². The Hall–Kier alpha value is -2.59. The minimum atomic E-state index is -0.354. The average molecular weight is 430 g/mol. The van der Waals surface area contributed by atoms with Crippen LogP contribution in [-0.2, 0) is 4.79 Å². The molecule has 1 aromatic rings. The van der Waals surface area contributed by atoms with Gasteiger partial charge in [0.05, 0.1) is 19.2 Å². The Bertz CT molecular complexity index is 843. The van der Waals surface area contributed by atoms with Crippen molar-refractivity contribution >= 4 is 11.8 Å². The number of fused-ring (bicyclic) bond motifs is 1. The molecule has 2 amide bonds. The largest absolute Gasteiger partial charge is 0.472 e.